The lowest BCUT2D eigenvalue weighted by Gasteiger charge is -2.17. The lowest BCUT2D eigenvalue weighted by molar-refractivity contribution is 0.0408. The van der Waals surface area contributed by atoms with Crippen LogP contribution in [0.5, 0.6) is 0 Å². The zero-order chi connectivity index (χ0) is 10.8. The van der Waals surface area contributed by atoms with E-state index in [1.807, 2.05) is 11.3 Å². The lowest BCUT2D eigenvalue weighted by atomic mass is 10.1. The summed E-state index contributed by atoms with van der Waals surface area (Å²) >= 11 is 1.82. The molecule has 0 aromatic carbocycles. The van der Waals surface area contributed by atoms with Gasteiger partial charge in [-0.05, 0) is 38.3 Å². The quantitative estimate of drug-likeness (QED) is 0.858. The van der Waals surface area contributed by atoms with E-state index < -0.39 is 0 Å². The van der Waals surface area contributed by atoms with Crippen molar-refractivity contribution in [3.05, 3.63) is 21.9 Å². The van der Waals surface area contributed by atoms with E-state index >= 15 is 0 Å². The molecule has 1 saturated heterocycles. The number of hydrogen-bond acceptors (Lipinski definition) is 3. The second-order valence-electron chi connectivity index (χ2n) is 4.25. The standard InChI is InChI=1S/C12H19NOS/c1-3-9-5-7-11(15-9)12(13)10-6-4-8(2)14-10/h5,7-8,10,12H,3-4,6,13H2,1-2H3. The Bertz CT molecular complexity index is 323. The number of hydrogen-bond donors (Lipinski definition) is 1. The van der Waals surface area contributed by atoms with Gasteiger partial charge in [0.05, 0.1) is 18.2 Å². The summed E-state index contributed by atoms with van der Waals surface area (Å²) in [6.07, 6.45) is 3.95. The van der Waals surface area contributed by atoms with Gasteiger partial charge in [-0.2, -0.15) is 0 Å². The molecule has 3 heteroatoms. The monoisotopic (exact) mass is 225 g/mol. The van der Waals surface area contributed by atoms with Gasteiger partial charge in [0, 0.05) is 9.75 Å². The molecule has 3 unspecified atom stereocenters. The molecular formula is C12H19NOS. The summed E-state index contributed by atoms with van der Waals surface area (Å²) in [6, 6.07) is 4.40. The van der Waals surface area contributed by atoms with Crippen LogP contribution in [-0.2, 0) is 11.2 Å². The lowest BCUT2D eigenvalue weighted by Crippen LogP contribution is -2.25. The van der Waals surface area contributed by atoms with Crippen LogP contribution in [0.4, 0.5) is 0 Å². The zero-order valence-corrected chi connectivity index (χ0v) is 10.2. The third kappa shape index (κ3) is 2.41. The average molecular weight is 225 g/mol. The van der Waals surface area contributed by atoms with Crippen molar-refractivity contribution < 1.29 is 4.74 Å². The maximum absolute atomic E-state index is 6.22. The summed E-state index contributed by atoms with van der Waals surface area (Å²) < 4.78 is 5.80. The first-order chi connectivity index (χ1) is 7.20. The van der Waals surface area contributed by atoms with E-state index in [2.05, 4.69) is 26.0 Å². The smallest absolute Gasteiger partial charge is 0.0780 e. The van der Waals surface area contributed by atoms with E-state index in [1.54, 1.807) is 0 Å². The first-order valence-corrected chi connectivity index (χ1v) is 6.52. The SMILES string of the molecule is CCc1ccc(C(N)C2CCC(C)O2)s1. The zero-order valence-electron chi connectivity index (χ0n) is 9.40. The molecule has 0 saturated carbocycles. The van der Waals surface area contributed by atoms with Crippen molar-refractivity contribution in [3.8, 4) is 0 Å². The van der Waals surface area contributed by atoms with Gasteiger partial charge in [0.2, 0.25) is 0 Å². The molecule has 0 spiro atoms. The molecule has 2 heterocycles. The number of ether oxygens (including phenoxy) is 1. The van der Waals surface area contributed by atoms with Gasteiger partial charge >= 0.3 is 0 Å². The van der Waals surface area contributed by atoms with Crippen molar-refractivity contribution >= 4 is 11.3 Å². The molecule has 2 rings (SSSR count). The Morgan fingerprint density at radius 1 is 1.53 bits per heavy atom. The number of nitrogens with two attached hydrogens (primary N) is 1. The summed E-state index contributed by atoms with van der Waals surface area (Å²) in [4.78, 5) is 2.68. The van der Waals surface area contributed by atoms with Crippen LogP contribution in [0.25, 0.3) is 0 Å². The van der Waals surface area contributed by atoms with Crippen LogP contribution >= 0.6 is 11.3 Å². The summed E-state index contributed by atoms with van der Waals surface area (Å²) in [5.41, 5.74) is 6.22. The number of thiophene rings is 1. The van der Waals surface area contributed by atoms with E-state index in [9.17, 15) is 0 Å². The van der Waals surface area contributed by atoms with Crippen LogP contribution in [0.15, 0.2) is 12.1 Å². The number of rotatable bonds is 3. The molecule has 0 amide bonds. The Hall–Kier alpha value is -0.380. The fourth-order valence-electron chi connectivity index (χ4n) is 2.04. The molecule has 1 aliphatic rings. The maximum atomic E-state index is 6.22. The van der Waals surface area contributed by atoms with Gasteiger partial charge in [-0.3, -0.25) is 0 Å². The first kappa shape index (κ1) is 11.1. The molecule has 0 aliphatic carbocycles. The summed E-state index contributed by atoms with van der Waals surface area (Å²) in [6.45, 7) is 4.30. The van der Waals surface area contributed by atoms with E-state index in [0.29, 0.717) is 6.10 Å². The van der Waals surface area contributed by atoms with Gasteiger partial charge in [-0.15, -0.1) is 11.3 Å². The van der Waals surface area contributed by atoms with Crippen molar-refractivity contribution in [2.45, 2.75) is 51.4 Å². The first-order valence-electron chi connectivity index (χ1n) is 5.70. The molecule has 0 bridgehead atoms. The minimum absolute atomic E-state index is 0.0697. The average Bonchev–Trinajstić information content (AvgIpc) is 2.84. The molecule has 1 aromatic heterocycles. The van der Waals surface area contributed by atoms with Gasteiger partial charge in [-0.25, -0.2) is 0 Å². The van der Waals surface area contributed by atoms with Crippen molar-refractivity contribution in [1.29, 1.82) is 0 Å². The Morgan fingerprint density at radius 3 is 2.87 bits per heavy atom. The van der Waals surface area contributed by atoms with Crippen LogP contribution < -0.4 is 5.73 Å². The highest BCUT2D eigenvalue weighted by atomic mass is 32.1. The molecule has 2 nitrogen and oxygen atoms in total. The molecule has 1 fully saturated rings. The van der Waals surface area contributed by atoms with Crippen LogP contribution in [0.1, 0.15) is 42.5 Å². The maximum Gasteiger partial charge on any atom is 0.0780 e. The van der Waals surface area contributed by atoms with Gasteiger partial charge in [0.1, 0.15) is 0 Å². The highest BCUT2D eigenvalue weighted by Crippen LogP contribution is 2.31. The van der Waals surface area contributed by atoms with Crippen LogP contribution in [0, 0.1) is 0 Å². The van der Waals surface area contributed by atoms with E-state index in [4.69, 9.17) is 10.5 Å². The Labute approximate surface area is 95.4 Å². The minimum atomic E-state index is 0.0697. The molecule has 1 aliphatic heterocycles. The molecule has 84 valence electrons. The van der Waals surface area contributed by atoms with E-state index in [0.717, 1.165) is 19.3 Å². The van der Waals surface area contributed by atoms with Crippen molar-refractivity contribution in [2.75, 3.05) is 0 Å². The Kier molecular flexibility index (Phi) is 3.44. The van der Waals surface area contributed by atoms with E-state index in [-0.39, 0.29) is 12.1 Å². The molecule has 15 heavy (non-hydrogen) atoms. The summed E-state index contributed by atoms with van der Waals surface area (Å²) in [7, 11) is 0. The topological polar surface area (TPSA) is 35.2 Å². The second-order valence-corrected chi connectivity index (χ2v) is 5.45. The predicted octanol–water partition coefficient (Wildman–Crippen LogP) is 2.88. The van der Waals surface area contributed by atoms with Crippen molar-refractivity contribution in [1.82, 2.24) is 0 Å². The largest absolute Gasteiger partial charge is 0.373 e. The van der Waals surface area contributed by atoms with Crippen LogP contribution in [0.3, 0.4) is 0 Å². The van der Waals surface area contributed by atoms with E-state index in [1.165, 1.54) is 9.75 Å². The normalized spacial score (nSPS) is 28.2. The summed E-state index contributed by atoms with van der Waals surface area (Å²) in [5, 5.41) is 0. The van der Waals surface area contributed by atoms with Crippen molar-refractivity contribution in [3.63, 3.8) is 0 Å². The predicted molar refractivity (Wildman–Crippen MR) is 64.2 cm³/mol. The second kappa shape index (κ2) is 4.64. The van der Waals surface area contributed by atoms with Gasteiger partial charge in [-0.1, -0.05) is 6.92 Å². The highest BCUT2D eigenvalue weighted by molar-refractivity contribution is 7.12. The Balaban J connectivity index is 2.03. The van der Waals surface area contributed by atoms with Gasteiger partial charge in [0.15, 0.2) is 0 Å². The van der Waals surface area contributed by atoms with Crippen LogP contribution in [0.2, 0.25) is 0 Å². The molecule has 1 aromatic rings. The molecular weight excluding hydrogens is 206 g/mol. The molecule has 2 N–H and O–H groups in total. The Morgan fingerprint density at radius 2 is 2.33 bits per heavy atom. The fourth-order valence-corrected chi connectivity index (χ4v) is 3.05. The molecule has 0 radical (unpaired) electrons. The third-order valence-corrected chi connectivity index (χ3v) is 4.36. The summed E-state index contributed by atoms with van der Waals surface area (Å²) in [5.74, 6) is 0. The molecule has 3 atom stereocenters. The van der Waals surface area contributed by atoms with Gasteiger partial charge < -0.3 is 10.5 Å². The fraction of sp³-hybridized carbons (Fsp3) is 0.667. The van der Waals surface area contributed by atoms with Crippen molar-refractivity contribution in [2.24, 2.45) is 5.73 Å². The number of aryl methyl sites for hydroxylation is 1. The minimum Gasteiger partial charge on any atom is -0.373 e. The van der Waals surface area contributed by atoms with Crippen LogP contribution in [-0.4, -0.2) is 12.2 Å². The van der Waals surface area contributed by atoms with Gasteiger partial charge in [0.25, 0.3) is 0 Å². The third-order valence-electron chi connectivity index (χ3n) is 3.02. The highest BCUT2D eigenvalue weighted by Gasteiger charge is 2.28.